The predicted octanol–water partition coefficient (Wildman–Crippen LogP) is 0.453. The molecule has 2 aliphatic heterocycles. The van der Waals surface area contributed by atoms with Gasteiger partial charge in [0.05, 0.1) is 18.1 Å². The van der Waals surface area contributed by atoms with Gasteiger partial charge in [0, 0.05) is 12.6 Å². The van der Waals surface area contributed by atoms with Crippen molar-refractivity contribution in [3.05, 3.63) is 41.1 Å². The molecule has 3 rings (SSSR count). The van der Waals surface area contributed by atoms with Crippen molar-refractivity contribution >= 4 is 23.4 Å². The second kappa shape index (κ2) is 5.76. The molecule has 7 nitrogen and oxygen atoms in total. The van der Waals surface area contributed by atoms with Crippen LogP contribution in [-0.2, 0) is 9.59 Å². The Morgan fingerprint density at radius 1 is 1.29 bits per heavy atom. The molecule has 0 saturated carbocycles. The number of fused-ring (bicyclic) bond motifs is 1. The number of aliphatic hydroxyl groups excluding tert-OH is 1. The number of hydrogen-bond acceptors (Lipinski definition) is 4. The lowest BCUT2D eigenvalue weighted by molar-refractivity contribution is -0.161. The predicted molar refractivity (Wildman–Crippen MR) is 84.8 cm³/mol. The fourth-order valence-corrected chi connectivity index (χ4v) is 3.49. The Labute approximate surface area is 138 Å². The van der Waals surface area contributed by atoms with Crippen molar-refractivity contribution in [2.45, 2.75) is 25.5 Å². The highest BCUT2D eigenvalue weighted by atomic mass is 16.4. The van der Waals surface area contributed by atoms with Gasteiger partial charge in [-0.15, -0.1) is 0 Å². The average Bonchev–Trinajstić information content (AvgIpc) is 2.89. The Balaban J connectivity index is 1.97. The van der Waals surface area contributed by atoms with Crippen LogP contribution in [0.15, 0.2) is 30.0 Å². The van der Waals surface area contributed by atoms with E-state index in [1.807, 2.05) is 0 Å². The van der Waals surface area contributed by atoms with Gasteiger partial charge < -0.3 is 20.4 Å². The number of benzene rings is 1. The molecule has 3 atom stereocenters. The maximum atomic E-state index is 12.2. The zero-order valence-electron chi connectivity index (χ0n) is 13.3. The highest BCUT2D eigenvalue weighted by molar-refractivity contribution is 6.06. The van der Waals surface area contributed by atoms with Crippen molar-refractivity contribution < 1.29 is 24.6 Å². The highest BCUT2D eigenvalue weighted by Gasteiger charge is 2.56. The summed E-state index contributed by atoms with van der Waals surface area (Å²) in [5.74, 6) is -2.32. The molecule has 3 N–H and O–H groups in total. The molecule has 0 unspecified atom stereocenters. The molecule has 2 aliphatic rings. The molecule has 1 fully saturated rings. The van der Waals surface area contributed by atoms with Crippen molar-refractivity contribution in [3.63, 3.8) is 0 Å². The third kappa shape index (κ3) is 2.28. The zero-order chi connectivity index (χ0) is 17.6. The van der Waals surface area contributed by atoms with Crippen LogP contribution in [0.5, 0.6) is 0 Å². The van der Waals surface area contributed by atoms with E-state index in [1.54, 1.807) is 24.3 Å². The van der Waals surface area contributed by atoms with E-state index in [2.05, 4.69) is 5.32 Å². The maximum absolute atomic E-state index is 12.2. The second-order valence-electron chi connectivity index (χ2n) is 6.03. The summed E-state index contributed by atoms with van der Waals surface area (Å²) in [6, 6.07) is 6.26. The molecular weight excluding hydrogens is 312 g/mol. The topological polar surface area (TPSA) is 107 Å². The van der Waals surface area contributed by atoms with Crippen LogP contribution in [0.4, 0.5) is 0 Å². The van der Waals surface area contributed by atoms with Crippen LogP contribution >= 0.6 is 0 Å². The fourth-order valence-electron chi connectivity index (χ4n) is 3.49. The summed E-state index contributed by atoms with van der Waals surface area (Å²) in [6.45, 7) is 1.54. The summed E-state index contributed by atoms with van der Waals surface area (Å²) in [4.78, 5) is 36.7. The van der Waals surface area contributed by atoms with Crippen LogP contribution in [0.2, 0.25) is 0 Å². The lowest BCUT2D eigenvalue weighted by Gasteiger charge is -2.44. The number of carbonyl (C=O) groups is 3. The number of carbonyl (C=O) groups excluding carboxylic acids is 2. The molecule has 2 heterocycles. The first-order chi connectivity index (χ1) is 11.4. The molecule has 7 heteroatoms. The molecule has 126 valence electrons. The molecule has 0 aromatic heterocycles. The normalized spacial score (nSPS) is 23.6. The van der Waals surface area contributed by atoms with Gasteiger partial charge in [0.25, 0.3) is 5.91 Å². The molecule has 1 aromatic rings. The largest absolute Gasteiger partial charge is 0.477 e. The van der Waals surface area contributed by atoms with E-state index in [9.17, 15) is 24.6 Å². The van der Waals surface area contributed by atoms with Crippen molar-refractivity contribution in [2.75, 3.05) is 7.05 Å². The van der Waals surface area contributed by atoms with E-state index >= 15 is 0 Å². The first-order valence-corrected chi connectivity index (χ1v) is 7.67. The number of aliphatic carboxylic acids is 1. The van der Waals surface area contributed by atoms with Crippen molar-refractivity contribution in [3.8, 4) is 0 Å². The Morgan fingerprint density at radius 3 is 2.42 bits per heavy atom. The number of rotatable bonds is 4. The number of nitrogens with one attached hydrogen (secondary N) is 1. The van der Waals surface area contributed by atoms with E-state index in [0.717, 1.165) is 0 Å². The van der Waals surface area contributed by atoms with E-state index in [0.29, 0.717) is 23.1 Å². The SMILES string of the molecule is CNC(=O)c1ccc(C2=C(C(=O)O)N3C(=O)[C@H]([C@@H](C)O)[C@H]3C2)cc1. The molecule has 0 bridgehead atoms. The number of hydrogen-bond donors (Lipinski definition) is 3. The number of carboxylic acids is 1. The maximum Gasteiger partial charge on any atom is 0.352 e. The molecule has 2 amide bonds. The minimum atomic E-state index is -1.17. The summed E-state index contributed by atoms with van der Waals surface area (Å²) in [5.41, 5.74) is 1.64. The van der Waals surface area contributed by atoms with Crippen LogP contribution < -0.4 is 5.32 Å². The lowest BCUT2D eigenvalue weighted by Crippen LogP contribution is -2.61. The summed E-state index contributed by atoms with van der Waals surface area (Å²) in [7, 11) is 1.53. The summed E-state index contributed by atoms with van der Waals surface area (Å²) < 4.78 is 0. The van der Waals surface area contributed by atoms with Gasteiger partial charge in [-0.2, -0.15) is 0 Å². The number of amides is 2. The van der Waals surface area contributed by atoms with Gasteiger partial charge in [-0.05, 0) is 36.6 Å². The van der Waals surface area contributed by atoms with Gasteiger partial charge in [0.2, 0.25) is 5.91 Å². The van der Waals surface area contributed by atoms with Gasteiger partial charge >= 0.3 is 5.97 Å². The van der Waals surface area contributed by atoms with Gasteiger partial charge in [-0.1, -0.05) is 12.1 Å². The first kappa shape index (κ1) is 16.2. The van der Waals surface area contributed by atoms with Gasteiger partial charge in [0.1, 0.15) is 5.70 Å². The van der Waals surface area contributed by atoms with Gasteiger partial charge in [-0.3, -0.25) is 9.59 Å². The quantitative estimate of drug-likeness (QED) is 0.695. The smallest absolute Gasteiger partial charge is 0.352 e. The van der Waals surface area contributed by atoms with Crippen LogP contribution in [0, 0.1) is 5.92 Å². The minimum absolute atomic E-state index is 0.0328. The van der Waals surface area contributed by atoms with Gasteiger partial charge in [-0.25, -0.2) is 4.79 Å². The van der Waals surface area contributed by atoms with Crippen LogP contribution in [0.25, 0.3) is 5.57 Å². The zero-order valence-corrected chi connectivity index (χ0v) is 13.3. The molecule has 0 spiro atoms. The number of carboxylic acid groups (broad SMARTS) is 1. The highest BCUT2D eigenvalue weighted by Crippen LogP contribution is 2.46. The van der Waals surface area contributed by atoms with Crippen molar-refractivity contribution in [2.24, 2.45) is 5.92 Å². The molecule has 1 saturated heterocycles. The first-order valence-electron chi connectivity index (χ1n) is 7.67. The number of nitrogens with zero attached hydrogens (tertiary/aromatic N) is 1. The standard InChI is InChI=1S/C17H18N2O5/c1-8(20)13-12-7-11(14(17(23)24)19(12)16(13)22)9-3-5-10(6-4-9)15(21)18-2/h3-6,8,12-13,20H,7H2,1-2H3,(H,18,21)(H,23,24)/t8-,12-,13-/m1/s1. The lowest BCUT2D eigenvalue weighted by atomic mass is 9.82. The second-order valence-corrected chi connectivity index (χ2v) is 6.03. The Bertz CT molecular complexity index is 751. The van der Waals surface area contributed by atoms with E-state index in [1.165, 1.54) is 18.9 Å². The van der Waals surface area contributed by atoms with Crippen molar-refractivity contribution in [1.29, 1.82) is 0 Å². The van der Waals surface area contributed by atoms with Crippen LogP contribution in [0.3, 0.4) is 0 Å². The Hall–Kier alpha value is -2.67. The van der Waals surface area contributed by atoms with Crippen LogP contribution in [-0.4, -0.2) is 52.1 Å². The van der Waals surface area contributed by atoms with E-state index in [4.69, 9.17) is 0 Å². The number of β-lactam (4-membered cyclic amide) rings is 1. The molecule has 0 aliphatic carbocycles. The monoisotopic (exact) mass is 330 g/mol. The molecule has 1 aromatic carbocycles. The minimum Gasteiger partial charge on any atom is -0.477 e. The van der Waals surface area contributed by atoms with Gasteiger partial charge in [0.15, 0.2) is 0 Å². The summed E-state index contributed by atoms with van der Waals surface area (Å²) >= 11 is 0. The van der Waals surface area contributed by atoms with Crippen molar-refractivity contribution in [1.82, 2.24) is 10.2 Å². The molecule has 24 heavy (non-hydrogen) atoms. The third-order valence-corrected chi connectivity index (χ3v) is 4.65. The third-order valence-electron chi connectivity index (χ3n) is 4.65. The van der Waals surface area contributed by atoms with E-state index in [-0.39, 0.29) is 23.6 Å². The van der Waals surface area contributed by atoms with E-state index < -0.39 is 18.0 Å². The Kier molecular flexibility index (Phi) is 3.88. The molecule has 0 radical (unpaired) electrons. The summed E-state index contributed by atoms with van der Waals surface area (Å²) in [5, 5.41) is 21.8. The molecular formula is C17H18N2O5. The average molecular weight is 330 g/mol. The fraction of sp³-hybridized carbons (Fsp3) is 0.353. The summed E-state index contributed by atoms with van der Waals surface area (Å²) in [6.07, 6.45) is -0.439. The Morgan fingerprint density at radius 2 is 1.92 bits per heavy atom. The van der Waals surface area contributed by atoms with Crippen LogP contribution in [0.1, 0.15) is 29.3 Å². The number of aliphatic hydroxyl groups is 1.